The van der Waals surface area contributed by atoms with Crippen molar-refractivity contribution in [3.05, 3.63) is 18.2 Å². The molecule has 0 fully saturated rings. The number of aromatic nitrogens is 2. The molecule has 1 aromatic heterocycles. The Morgan fingerprint density at radius 2 is 2.44 bits per heavy atom. The van der Waals surface area contributed by atoms with E-state index in [0.29, 0.717) is 12.5 Å². The Morgan fingerprint density at radius 3 is 3.22 bits per heavy atom. The topological polar surface area (TPSA) is 73.2 Å². The van der Waals surface area contributed by atoms with E-state index in [2.05, 4.69) is 14.3 Å². The number of hydrogen-bond acceptors (Lipinski definition) is 4. The minimum atomic E-state index is -3.21. The van der Waals surface area contributed by atoms with Crippen molar-refractivity contribution >= 4 is 10.0 Å². The highest BCUT2D eigenvalue weighted by Gasteiger charge is 2.20. The van der Waals surface area contributed by atoms with Gasteiger partial charge < -0.3 is 9.30 Å². The second-order valence-corrected chi connectivity index (χ2v) is 6.48. The highest BCUT2D eigenvalue weighted by atomic mass is 32.2. The highest BCUT2D eigenvalue weighted by Crippen LogP contribution is 2.18. The SMILES string of the molecule is COCCS(=O)(=O)NC[C@@H]1CCn2ccnc2C1. The number of aryl methyl sites for hydroxylation is 1. The average Bonchev–Trinajstić information content (AvgIpc) is 2.81. The predicted molar refractivity (Wildman–Crippen MR) is 67.7 cm³/mol. The molecular formula is C11H19N3O3S. The zero-order valence-corrected chi connectivity index (χ0v) is 11.3. The van der Waals surface area contributed by atoms with Crippen LogP contribution in [0, 0.1) is 5.92 Å². The minimum Gasteiger partial charge on any atom is -0.384 e. The van der Waals surface area contributed by atoms with Crippen molar-refractivity contribution in [3.8, 4) is 0 Å². The van der Waals surface area contributed by atoms with Crippen LogP contribution in [0.5, 0.6) is 0 Å². The standard InChI is InChI=1S/C11H19N3O3S/c1-17-6-7-18(15,16)13-9-10-2-4-14-5-3-12-11(14)8-10/h3,5,10,13H,2,4,6-9H2,1H3/t10-/m1/s1. The summed E-state index contributed by atoms with van der Waals surface area (Å²) >= 11 is 0. The van der Waals surface area contributed by atoms with Crippen LogP contribution in [0.4, 0.5) is 0 Å². The summed E-state index contributed by atoms with van der Waals surface area (Å²) in [7, 11) is -1.71. The molecule has 7 heteroatoms. The number of sulfonamides is 1. The van der Waals surface area contributed by atoms with Gasteiger partial charge in [-0.1, -0.05) is 0 Å². The van der Waals surface area contributed by atoms with Crippen molar-refractivity contribution in [2.24, 2.45) is 5.92 Å². The van der Waals surface area contributed by atoms with Crippen LogP contribution in [0.1, 0.15) is 12.2 Å². The van der Waals surface area contributed by atoms with E-state index in [9.17, 15) is 8.42 Å². The molecule has 18 heavy (non-hydrogen) atoms. The number of hydrogen-bond donors (Lipinski definition) is 1. The zero-order chi connectivity index (χ0) is 13.0. The summed E-state index contributed by atoms with van der Waals surface area (Å²) in [5.41, 5.74) is 0. The Morgan fingerprint density at radius 1 is 1.61 bits per heavy atom. The van der Waals surface area contributed by atoms with Gasteiger partial charge in [-0.2, -0.15) is 0 Å². The molecule has 0 saturated heterocycles. The third kappa shape index (κ3) is 3.54. The first-order chi connectivity index (χ1) is 8.61. The largest absolute Gasteiger partial charge is 0.384 e. The first-order valence-electron chi connectivity index (χ1n) is 6.07. The number of imidazole rings is 1. The van der Waals surface area contributed by atoms with Crippen molar-refractivity contribution in [3.63, 3.8) is 0 Å². The van der Waals surface area contributed by atoms with Gasteiger partial charge in [-0.3, -0.25) is 0 Å². The Hall–Kier alpha value is -0.920. The van der Waals surface area contributed by atoms with E-state index in [1.165, 1.54) is 7.11 Å². The Kier molecular flexibility index (Phi) is 4.36. The number of nitrogens with zero attached hydrogens (tertiary/aromatic N) is 2. The van der Waals surface area contributed by atoms with E-state index in [-0.39, 0.29) is 12.4 Å². The lowest BCUT2D eigenvalue weighted by atomic mass is 9.98. The number of ether oxygens (including phenoxy) is 1. The first-order valence-corrected chi connectivity index (χ1v) is 7.72. The maximum Gasteiger partial charge on any atom is 0.213 e. The van der Waals surface area contributed by atoms with Crippen LogP contribution in [-0.4, -0.2) is 44.0 Å². The predicted octanol–water partition coefficient (Wildman–Crippen LogP) is 0.0113. The maximum absolute atomic E-state index is 11.6. The van der Waals surface area contributed by atoms with Crippen LogP contribution < -0.4 is 4.72 Å². The van der Waals surface area contributed by atoms with Crippen LogP contribution in [0.2, 0.25) is 0 Å². The van der Waals surface area contributed by atoms with Gasteiger partial charge in [-0.15, -0.1) is 0 Å². The van der Waals surface area contributed by atoms with Crippen LogP contribution in [0.15, 0.2) is 12.4 Å². The van der Waals surface area contributed by atoms with E-state index in [1.54, 1.807) is 6.20 Å². The molecule has 0 radical (unpaired) electrons. The average molecular weight is 273 g/mol. The molecule has 6 nitrogen and oxygen atoms in total. The summed E-state index contributed by atoms with van der Waals surface area (Å²) in [6, 6.07) is 0. The van der Waals surface area contributed by atoms with E-state index in [4.69, 9.17) is 4.74 Å². The third-order valence-electron chi connectivity index (χ3n) is 3.20. The molecule has 2 heterocycles. The van der Waals surface area contributed by atoms with Crippen molar-refractivity contribution in [2.75, 3.05) is 26.0 Å². The summed E-state index contributed by atoms with van der Waals surface area (Å²) in [6.07, 6.45) is 5.57. The molecule has 1 aromatic rings. The second kappa shape index (κ2) is 5.81. The molecular weight excluding hydrogens is 254 g/mol. The molecule has 1 atom stereocenters. The Labute approximate surface area is 107 Å². The molecule has 1 aliphatic rings. The van der Waals surface area contributed by atoms with Gasteiger partial charge in [-0.25, -0.2) is 18.1 Å². The Bertz CT molecular complexity index is 483. The highest BCUT2D eigenvalue weighted by molar-refractivity contribution is 7.89. The summed E-state index contributed by atoms with van der Waals surface area (Å²) in [4.78, 5) is 4.27. The molecule has 2 rings (SSSR count). The fourth-order valence-electron chi connectivity index (χ4n) is 2.10. The molecule has 0 amide bonds. The third-order valence-corrected chi connectivity index (χ3v) is 4.51. The number of methoxy groups -OCH3 is 1. The van der Waals surface area contributed by atoms with E-state index in [1.807, 2.05) is 6.20 Å². The maximum atomic E-state index is 11.6. The van der Waals surface area contributed by atoms with Gasteiger partial charge in [0, 0.05) is 39.0 Å². The molecule has 0 aromatic carbocycles. The molecule has 0 unspecified atom stereocenters. The molecule has 0 bridgehead atoms. The van der Waals surface area contributed by atoms with Crippen LogP contribution in [0.25, 0.3) is 0 Å². The molecule has 0 spiro atoms. The summed E-state index contributed by atoms with van der Waals surface area (Å²) < 4.78 is 32.8. The van der Waals surface area contributed by atoms with E-state index < -0.39 is 10.0 Å². The lowest BCUT2D eigenvalue weighted by Gasteiger charge is -2.23. The molecule has 1 N–H and O–H groups in total. The lowest BCUT2D eigenvalue weighted by Crippen LogP contribution is -2.35. The van der Waals surface area contributed by atoms with Gasteiger partial charge in [0.1, 0.15) is 5.82 Å². The van der Waals surface area contributed by atoms with Gasteiger partial charge in [0.15, 0.2) is 0 Å². The van der Waals surface area contributed by atoms with E-state index >= 15 is 0 Å². The van der Waals surface area contributed by atoms with Crippen molar-refractivity contribution in [2.45, 2.75) is 19.4 Å². The fraction of sp³-hybridized carbons (Fsp3) is 0.727. The number of rotatable bonds is 6. The van der Waals surface area contributed by atoms with Crippen LogP contribution in [0.3, 0.4) is 0 Å². The fourth-order valence-corrected chi connectivity index (χ4v) is 3.12. The summed E-state index contributed by atoms with van der Waals surface area (Å²) in [6.45, 7) is 1.63. The lowest BCUT2D eigenvalue weighted by molar-refractivity contribution is 0.216. The smallest absolute Gasteiger partial charge is 0.213 e. The van der Waals surface area contributed by atoms with Gasteiger partial charge in [-0.05, 0) is 12.3 Å². The number of nitrogens with one attached hydrogen (secondary N) is 1. The quantitative estimate of drug-likeness (QED) is 0.792. The van der Waals surface area contributed by atoms with Crippen molar-refractivity contribution in [1.29, 1.82) is 0 Å². The molecule has 0 aliphatic carbocycles. The van der Waals surface area contributed by atoms with Gasteiger partial charge in [0.25, 0.3) is 0 Å². The molecule has 0 saturated carbocycles. The first kappa shape index (κ1) is 13.5. The van der Waals surface area contributed by atoms with Crippen LogP contribution in [-0.2, 0) is 27.7 Å². The number of fused-ring (bicyclic) bond motifs is 1. The zero-order valence-electron chi connectivity index (χ0n) is 10.5. The molecule has 1 aliphatic heterocycles. The van der Waals surface area contributed by atoms with Crippen molar-refractivity contribution in [1.82, 2.24) is 14.3 Å². The van der Waals surface area contributed by atoms with Gasteiger partial charge in [0.05, 0.1) is 12.4 Å². The second-order valence-electron chi connectivity index (χ2n) is 4.56. The van der Waals surface area contributed by atoms with Crippen LogP contribution >= 0.6 is 0 Å². The monoisotopic (exact) mass is 273 g/mol. The normalized spacial score (nSPS) is 19.7. The molecule has 102 valence electrons. The summed E-state index contributed by atoms with van der Waals surface area (Å²) in [5, 5.41) is 0. The summed E-state index contributed by atoms with van der Waals surface area (Å²) in [5.74, 6) is 1.39. The van der Waals surface area contributed by atoms with Gasteiger partial charge in [0.2, 0.25) is 10.0 Å². The Balaban J connectivity index is 1.82. The van der Waals surface area contributed by atoms with Crippen molar-refractivity contribution < 1.29 is 13.2 Å². The van der Waals surface area contributed by atoms with Gasteiger partial charge >= 0.3 is 0 Å². The minimum absolute atomic E-state index is 0.0187. The van der Waals surface area contributed by atoms with E-state index in [0.717, 1.165) is 25.2 Å².